The number of carboxylic acids is 1. The Kier molecular flexibility index (Phi) is 3.41. The Bertz CT molecular complexity index is 897. The van der Waals surface area contributed by atoms with Gasteiger partial charge in [-0.3, -0.25) is 0 Å². The summed E-state index contributed by atoms with van der Waals surface area (Å²) in [5.74, 6) is -0.914. The van der Waals surface area contributed by atoms with Gasteiger partial charge in [0.15, 0.2) is 0 Å². The van der Waals surface area contributed by atoms with Gasteiger partial charge >= 0.3 is 5.97 Å². The highest BCUT2D eigenvalue weighted by molar-refractivity contribution is 6.05. The summed E-state index contributed by atoms with van der Waals surface area (Å²) in [6, 6.07) is 13.5. The zero-order valence-electron chi connectivity index (χ0n) is 12.8. The molecule has 0 aliphatic heterocycles. The summed E-state index contributed by atoms with van der Waals surface area (Å²) in [5.41, 5.74) is 5.71. The van der Waals surface area contributed by atoms with E-state index in [4.69, 9.17) is 4.98 Å². The van der Waals surface area contributed by atoms with Gasteiger partial charge in [-0.25, -0.2) is 9.78 Å². The van der Waals surface area contributed by atoms with Gasteiger partial charge in [-0.2, -0.15) is 0 Å². The first-order valence-corrected chi connectivity index (χ1v) is 7.19. The second-order valence-electron chi connectivity index (χ2n) is 5.60. The molecule has 0 spiro atoms. The van der Waals surface area contributed by atoms with Gasteiger partial charge < -0.3 is 5.11 Å². The molecule has 2 aromatic carbocycles. The molecule has 110 valence electrons. The van der Waals surface area contributed by atoms with Crippen LogP contribution in [0.15, 0.2) is 42.5 Å². The van der Waals surface area contributed by atoms with Gasteiger partial charge in [0.25, 0.3) is 0 Å². The fourth-order valence-electron chi connectivity index (χ4n) is 2.84. The first kappa shape index (κ1) is 14.3. The van der Waals surface area contributed by atoms with Crippen molar-refractivity contribution < 1.29 is 9.90 Å². The second-order valence-corrected chi connectivity index (χ2v) is 5.60. The van der Waals surface area contributed by atoms with Crippen LogP contribution in [0.4, 0.5) is 0 Å². The van der Waals surface area contributed by atoms with Crippen LogP contribution in [0.25, 0.3) is 22.2 Å². The molecular weight excluding hydrogens is 274 g/mol. The van der Waals surface area contributed by atoms with Crippen LogP contribution < -0.4 is 0 Å². The van der Waals surface area contributed by atoms with E-state index >= 15 is 0 Å². The predicted molar refractivity (Wildman–Crippen MR) is 88.3 cm³/mol. The SMILES string of the molecule is Cc1ccc(C)c(-c2nc3ccccc3c(C(=O)O)c2C)c1. The Balaban J connectivity index is 2.43. The average molecular weight is 291 g/mol. The predicted octanol–water partition coefficient (Wildman–Crippen LogP) is 4.53. The quantitative estimate of drug-likeness (QED) is 0.755. The number of benzene rings is 2. The Morgan fingerprint density at radius 3 is 2.50 bits per heavy atom. The van der Waals surface area contributed by atoms with Crippen LogP contribution in [0.5, 0.6) is 0 Å². The van der Waals surface area contributed by atoms with Gasteiger partial charge in [-0.15, -0.1) is 0 Å². The molecule has 1 aromatic heterocycles. The maximum atomic E-state index is 11.7. The highest BCUT2D eigenvalue weighted by atomic mass is 16.4. The maximum Gasteiger partial charge on any atom is 0.336 e. The lowest BCUT2D eigenvalue weighted by Crippen LogP contribution is -2.05. The summed E-state index contributed by atoms with van der Waals surface area (Å²) in [4.78, 5) is 16.5. The van der Waals surface area contributed by atoms with Crippen molar-refractivity contribution in [1.82, 2.24) is 4.98 Å². The molecule has 0 unspecified atom stereocenters. The van der Waals surface area contributed by atoms with Crippen molar-refractivity contribution in [3.8, 4) is 11.3 Å². The zero-order chi connectivity index (χ0) is 15.9. The van der Waals surface area contributed by atoms with Crippen molar-refractivity contribution in [2.45, 2.75) is 20.8 Å². The molecule has 0 bridgehead atoms. The van der Waals surface area contributed by atoms with Crippen LogP contribution in [0.2, 0.25) is 0 Å². The minimum atomic E-state index is -0.914. The highest BCUT2D eigenvalue weighted by Crippen LogP contribution is 2.31. The molecule has 3 heteroatoms. The Morgan fingerprint density at radius 2 is 1.77 bits per heavy atom. The molecule has 0 atom stereocenters. The number of rotatable bonds is 2. The lowest BCUT2D eigenvalue weighted by Gasteiger charge is -2.14. The van der Waals surface area contributed by atoms with Crippen LogP contribution in [0.3, 0.4) is 0 Å². The van der Waals surface area contributed by atoms with Gasteiger partial charge in [0.05, 0.1) is 16.8 Å². The van der Waals surface area contributed by atoms with Crippen molar-refractivity contribution in [3.63, 3.8) is 0 Å². The van der Waals surface area contributed by atoms with Crippen molar-refractivity contribution in [2.75, 3.05) is 0 Å². The van der Waals surface area contributed by atoms with E-state index in [9.17, 15) is 9.90 Å². The molecule has 22 heavy (non-hydrogen) atoms. The van der Waals surface area contributed by atoms with Gasteiger partial charge in [-0.1, -0.05) is 35.9 Å². The number of aromatic nitrogens is 1. The van der Waals surface area contributed by atoms with Gasteiger partial charge in [-0.05, 0) is 44.0 Å². The minimum Gasteiger partial charge on any atom is -0.478 e. The zero-order valence-corrected chi connectivity index (χ0v) is 12.8. The third-order valence-corrected chi connectivity index (χ3v) is 4.00. The number of carbonyl (C=O) groups is 1. The van der Waals surface area contributed by atoms with Gasteiger partial charge in [0.2, 0.25) is 0 Å². The number of aryl methyl sites for hydroxylation is 2. The number of pyridine rings is 1. The molecule has 0 radical (unpaired) electrons. The summed E-state index contributed by atoms with van der Waals surface area (Å²) in [5, 5.41) is 10.3. The van der Waals surface area contributed by atoms with E-state index < -0.39 is 5.97 Å². The standard InChI is InChI=1S/C19H17NO2/c1-11-8-9-12(2)15(10-11)18-13(3)17(19(21)22)14-6-4-5-7-16(14)20-18/h4-10H,1-3H3,(H,21,22). The molecule has 0 aliphatic rings. The smallest absolute Gasteiger partial charge is 0.336 e. The molecule has 0 amide bonds. The van der Waals surface area contributed by atoms with E-state index in [0.29, 0.717) is 22.0 Å². The van der Waals surface area contributed by atoms with Gasteiger partial charge in [0.1, 0.15) is 0 Å². The molecule has 3 rings (SSSR count). The second kappa shape index (κ2) is 5.26. The molecule has 3 nitrogen and oxygen atoms in total. The molecule has 0 fully saturated rings. The molecule has 0 saturated carbocycles. The number of hydrogen-bond donors (Lipinski definition) is 1. The van der Waals surface area contributed by atoms with Crippen molar-refractivity contribution in [2.24, 2.45) is 0 Å². The number of fused-ring (bicyclic) bond motifs is 1. The molecular formula is C19H17NO2. The third-order valence-electron chi connectivity index (χ3n) is 4.00. The van der Waals surface area contributed by atoms with Crippen molar-refractivity contribution >= 4 is 16.9 Å². The van der Waals surface area contributed by atoms with E-state index in [1.807, 2.05) is 57.2 Å². The Morgan fingerprint density at radius 1 is 1.05 bits per heavy atom. The lowest BCUT2D eigenvalue weighted by atomic mass is 9.94. The van der Waals surface area contributed by atoms with E-state index in [0.717, 1.165) is 22.4 Å². The van der Waals surface area contributed by atoms with Crippen LogP contribution in [0, 0.1) is 20.8 Å². The molecule has 1 N–H and O–H groups in total. The molecule has 1 heterocycles. The number of nitrogens with zero attached hydrogens (tertiary/aromatic N) is 1. The van der Waals surface area contributed by atoms with E-state index in [1.165, 1.54) is 0 Å². The highest BCUT2D eigenvalue weighted by Gasteiger charge is 2.18. The lowest BCUT2D eigenvalue weighted by molar-refractivity contribution is 0.0698. The number of hydrogen-bond acceptors (Lipinski definition) is 2. The molecule has 0 saturated heterocycles. The summed E-state index contributed by atoms with van der Waals surface area (Å²) < 4.78 is 0. The average Bonchev–Trinajstić information content (AvgIpc) is 2.49. The fourth-order valence-corrected chi connectivity index (χ4v) is 2.84. The first-order chi connectivity index (χ1) is 10.5. The van der Waals surface area contributed by atoms with E-state index in [2.05, 4.69) is 6.07 Å². The summed E-state index contributed by atoms with van der Waals surface area (Å²) >= 11 is 0. The monoisotopic (exact) mass is 291 g/mol. The fraction of sp³-hybridized carbons (Fsp3) is 0.158. The Labute approximate surface area is 129 Å². The van der Waals surface area contributed by atoms with Crippen LogP contribution in [-0.2, 0) is 0 Å². The topological polar surface area (TPSA) is 50.2 Å². The number of para-hydroxylation sites is 1. The molecule has 0 aliphatic carbocycles. The number of carboxylic acid groups (broad SMARTS) is 1. The van der Waals surface area contributed by atoms with Crippen LogP contribution in [0.1, 0.15) is 27.0 Å². The first-order valence-electron chi connectivity index (χ1n) is 7.19. The normalized spacial score (nSPS) is 10.9. The van der Waals surface area contributed by atoms with Crippen molar-refractivity contribution in [1.29, 1.82) is 0 Å². The summed E-state index contributed by atoms with van der Waals surface area (Å²) in [6.07, 6.45) is 0. The maximum absolute atomic E-state index is 11.7. The minimum absolute atomic E-state index is 0.335. The van der Waals surface area contributed by atoms with E-state index in [-0.39, 0.29) is 0 Å². The van der Waals surface area contributed by atoms with Gasteiger partial charge in [0, 0.05) is 10.9 Å². The van der Waals surface area contributed by atoms with Crippen LogP contribution in [-0.4, -0.2) is 16.1 Å². The molecule has 3 aromatic rings. The van der Waals surface area contributed by atoms with Crippen molar-refractivity contribution in [3.05, 3.63) is 64.7 Å². The number of aromatic carboxylic acids is 1. The van der Waals surface area contributed by atoms with E-state index in [1.54, 1.807) is 0 Å². The van der Waals surface area contributed by atoms with Crippen LogP contribution >= 0.6 is 0 Å². The third kappa shape index (κ3) is 2.25. The summed E-state index contributed by atoms with van der Waals surface area (Å²) in [6.45, 7) is 5.88. The summed E-state index contributed by atoms with van der Waals surface area (Å²) in [7, 11) is 0. The largest absolute Gasteiger partial charge is 0.478 e. The Hall–Kier alpha value is -2.68.